The summed E-state index contributed by atoms with van der Waals surface area (Å²) in [5.41, 5.74) is -0.735. The highest BCUT2D eigenvalue weighted by Gasteiger charge is 2.43. The van der Waals surface area contributed by atoms with Crippen molar-refractivity contribution in [1.82, 2.24) is 0 Å². The van der Waals surface area contributed by atoms with E-state index in [0.717, 1.165) is 12.1 Å². The second-order valence-corrected chi connectivity index (χ2v) is 3.15. The fourth-order valence-corrected chi connectivity index (χ4v) is 1.20. The number of benzene rings is 1. The Balaban J connectivity index is 2.99. The van der Waals surface area contributed by atoms with E-state index in [1.807, 2.05) is 0 Å². The third-order valence-corrected chi connectivity index (χ3v) is 1.86. The topological polar surface area (TPSA) is 46.5 Å². The van der Waals surface area contributed by atoms with Crippen LogP contribution in [0.3, 0.4) is 0 Å². The fraction of sp³-hybridized carbons (Fsp3) is 0.300. The van der Waals surface area contributed by atoms with Crippen molar-refractivity contribution in [3.05, 3.63) is 35.6 Å². The number of carboxylic acid groups (broad SMARTS) is 1. The van der Waals surface area contributed by atoms with E-state index in [9.17, 15) is 22.4 Å². The lowest BCUT2D eigenvalue weighted by Gasteiger charge is -2.20. The largest absolute Gasteiger partial charge is 0.480 e. The van der Waals surface area contributed by atoms with E-state index in [0.29, 0.717) is 0 Å². The van der Waals surface area contributed by atoms with Gasteiger partial charge >= 0.3 is 12.1 Å². The van der Waals surface area contributed by atoms with Crippen LogP contribution >= 0.6 is 0 Å². The van der Waals surface area contributed by atoms with Crippen molar-refractivity contribution in [1.29, 1.82) is 0 Å². The maximum absolute atomic E-state index is 13.2. The van der Waals surface area contributed by atoms with Crippen LogP contribution in [0.15, 0.2) is 24.3 Å². The maximum Gasteiger partial charge on any atom is 0.418 e. The quantitative estimate of drug-likeness (QED) is 0.837. The predicted octanol–water partition coefficient (Wildman–Crippen LogP) is 2.53. The maximum atomic E-state index is 13.2. The average Bonchev–Trinajstić information content (AvgIpc) is 2.18. The molecule has 0 amide bonds. The molecule has 1 aromatic rings. The highest BCUT2D eigenvalue weighted by molar-refractivity contribution is 5.68. The first-order valence-corrected chi connectivity index (χ1v) is 4.47. The molecule has 0 radical (unpaired) electrons. The van der Waals surface area contributed by atoms with Gasteiger partial charge in [0.25, 0.3) is 0 Å². The molecule has 0 fully saturated rings. The molecule has 0 saturated carbocycles. The normalized spacial score (nSPS) is 13.4. The lowest BCUT2D eigenvalue weighted by molar-refractivity contribution is -0.225. The third kappa shape index (κ3) is 3.70. The van der Waals surface area contributed by atoms with Crippen molar-refractivity contribution < 1.29 is 32.2 Å². The van der Waals surface area contributed by atoms with Gasteiger partial charge in [-0.1, -0.05) is 18.2 Å². The number of rotatable bonds is 4. The third-order valence-electron chi connectivity index (χ3n) is 1.86. The molecule has 7 heteroatoms. The van der Waals surface area contributed by atoms with Gasteiger partial charge in [0.05, 0.1) is 0 Å². The van der Waals surface area contributed by atoms with Gasteiger partial charge in [-0.15, -0.1) is 0 Å². The van der Waals surface area contributed by atoms with Crippen LogP contribution in [0.2, 0.25) is 0 Å². The minimum atomic E-state index is -4.88. The summed E-state index contributed by atoms with van der Waals surface area (Å²) >= 11 is 0. The Labute approximate surface area is 93.6 Å². The van der Waals surface area contributed by atoms with Crippen LogP contribution < -0.4 is 0 Å². The second-order valence-electron chi connectivity index (χ2n) is 3.15. The molecule has 1 N–H and O–H groups in total. The molecule has 0 aliphatic rings. The molecule has 0 aromatic heterocycles. The summed E-state index contributed by atoms with van der Waals surface area (Å²) < 4.78 is 55.0. The van der Waals surface area contributed by atoms with Crippen LogP contribution in [0.25, 0.3) is 0 Å². The molecule has 0 heterocycles. The summed E-state index contributed by atoms with van der Waals surface area (Å²) in [5, 5.41) is 8.26. The van der Waals surface area contributed by atoms with Crippen LogP contribution in [0.1, 0.15) is 11.7 Å². The summed E-state index contributed by atoms with van der Waals surface area (Å²) in [6.45, 7) is -1.15. The number of halogens is 4. The smallest absolute Gasteiger partial charge is 0.418 e. The van der Waals surface area contributed by atoms with Gasteiger partial charge in [-0.25, -0.2) is 9.18 Å². The van der Waals surface area contributed by atoms with Crippen LogP contribution in [0, 0.1) is 5.82 Å². The van der Waals surface area contributed by atoms with E-state index < -0.39 is 36.2 Å². The second kappa shape index (κ2) is 5.13. The first kappa shape index (κ1) is 13.4. The van der Waals surface area contributed by atoms with E-state index in [1.54, 1.807) is 0 Å². The lowest BCUT2D eigenvalue weighted by atomic mass is 10.1. The molecule has 17 heavy (non-hydrogen) atoms. The van der Waals surface area contributed by atoms with Crippen molar-refractivity contribution in [2.24, 2.45) is 0 Å². The Kier molecular flexibility index (Phi) is 4.06. The van der Waals surface area contributed by atoms with Gasteiger partial charge in [0, 0.05) is 5.56 Å². The predicted molar refractivity (Wildman–Crippen MR) is 48.8 cm³/mol. The molecule has 3 nitrogen and oxygen atoms in total. The van der Waals surface area contributed by atoms with Crippen molar-refractivity contribution in [3.63, 3.8) is 0 Å². The summed E-state index contributed by atoms with van der Waals surface area (Å²) in [6.07, 6.45) is -7.46. The molecule has 94 valence electrons. The van der Waals surface area contributed by atoms with Crippen molar-refractivity contribution in [2.45, 2.75) is 12.3 Å². The number of hydrogen-bond acceptors (Lipinski definition) is 2. The Bertz CT molecular complexity index is 403. The van der Waals surface area contributed by atoms with Gasteiger partial charge in [-0.3, -0.25) is 0 Å². The minimum Gasteiger partial charge on any atom is -0.480 e. The average molecular weight is 252 g/mol. The van der Waals surface area contributed by atoms with Crippen LogP contribution in [-0.4, -0.2) is 23.9 Å². The van der Waals surface area contributed by atoms with E-state index in [-0.39, 0.29) is 0 Å². The van der Waals surface area contributed by atoms with E-state index in [4.69, 9.17) is 5.11 Å². The molecule has 1 aromatic carbocycles. The van der Waals surface area contributed by atoms with Gasteiger partial charge in [-0.05, 0) is 6.07 Å². The number of ether oxygens (including phenoxy) is 1. The summed E-state index contributed by atoms with van der Waals surface area (Å²) in [5.74, 6) is -2.66. The zero-order valence-electron chi connectivity index (χ0n) is 8.37. The number of aliphatic carboxylic acids is 1. The number of carboxylic acids is 1. The van der Waals surface area contributed by atoms with Crippen LogP contribution in [-0.2, 0) is 9.53 Å². The molecule has 0 aliphatic carbocycles. The van der Waals surface area contributed by atoms with Crippen LogP contribution in [0.5, 0.6) is 0 Å². The Morgan fingerprint density at radius 2 is 1.94 bits per heavy atom. The van der Waals surface area contributed by atoms with Crippen molar-refractivity contribution in [3.8, 4) is 0 Å². The fourth-order valence-electron chi connectivity index (χ4n) is 1.20. The molecular formula is C10H8F4O3. The molecule has 0 saturated heterocycles. The minimum absolute atomic E-state index is 0.735. The van der Waals surface area contributed by atoms with Crippen molar-refractivity contribution >= 4 is 5.97 Å². The Morgan fingerprint density at radius 1 is 1.35 bits per heavy atom. The van der Waals surface area contributed by atoms with E-state index >= 15 is 0 Å². The highest BCUT2D eigenvalue weighted by Crippen LogP contribution is 2.36. The molecule has 1 rings (SSSR count). The number of alkyl halides is 3. The van der Waals surface area contributed by atoms with Gasteiger partial charge in [-0.2, -0.15) is 13.2 Å². The van der Waals surface area contributed by atoms with Gasteiger partial charge in [0.2, 0.25) is 0 Å². The van der Waals surface area contributed by atoms with E-state index in [1.165, 1.54) is 12.1 Å². The molecule has 0 bridgehead atoms. The van der Waals surface area contributed by atoms with Crippen LogP contribution in [0.4, 0.5) is 17.6 Å². The Hall–Kier alpha value is -1.63. The Morgan fingerprint density at radius 3 is 2.41 bits per heavy atom. The SMILES string of the molecule is O=C(O)COC(c1ccccc1F)C(F)(F)F. The zero-order valence-corrected chi connectivity index (χ0v) is 8.37. The standard InChI is InChI=1S/C10H8F4O3/c11-7-4-2-1-3-6(7)9(10(12,13)14)17-5-8(15)16/h1-4,9H,5H2,(H,15,16). The lowest BCUT2D eigenvalue weighted by Crippen LogP contribution is -2.26. The molecule has 1 atom stereocenters. The summed E-state index contributed by atoms with van der Waals surface area (Å²) in [4.78, 5) is 10.2. The van der Waals surface area contributed by atoms with E-state index in [2.05, 4.69) is 4.74 Å². The van der Waals surface area contributed by atoms with Gasteiger partial charge < -0.3 is 9.84 Å². The summed E-state index contributed by atoms with van der Waals surface area (Å²) in [7, 11) is 0. The molecule has 0 aliphatic heterocycles. The number of carbonyl (C=O) groups is 1. The number of hydrogen-bond donors (Lipinski definition) is 1. The van der Waals surface area contributed by atoms with Gasteiger partial charge in [0.1, 0.15) is 12.4 Å². The summed E-state index contributed by atoms with van der Waals surface area (Å²) in [6, 6.07) is 4.18. The molecule has 1 unspecified atom stereocenters. The molecule has 0 spiro atoms. The molecular weight excluding hydrogens is 244 g/mol. The highest BCUT2D eigenvalue weighted by atomic mass is 19.4. The van der Waals surface area contributed by atoms with Gasteiger partial charge in [0.15, 0.2) is 6.10 Å². The monoisotopic (exact) mass is 252 g/mol. The first-order valence-electron chi connectivity index (χ1n) is 4.47. The first-order chi connectivity index (χ1) is 7.82. The van der Waals surface area contributed by atoms with Crippen molar-refractivity contribution in [2.75, 3.05) is 6.61 Å². The zero-order chi connectivity index (χ0) is 13.1.